The van der Waals surface area contributed by atoms with Crippen molar-refractivity contribution in [1.82, 2.24) is 14.9 Å². The summed E-state index contributed by atoms with van der Waals surface area (Å²) in [4.78, 5) is 0. The maximum atomic E-state index is 10.9. The fourth-order valence-corrected chi connectivity index (χ4v) is 3.14. The second-order valence-electron chi connectivity index (χ2n) is 4.99. The monoisotopic (exact) mass is 341 g/mol. The van der Waals surface area contributed by atoms with Crippen molar-refractivity contribution in [1.29, 1.82) is 0 Å². The number of hydrogen-bond acceptors (Lipinski definition) is 6. The highest BCUT2D eigenvalue weighted by Gasteiger charge is 2.12. The van der Waals surface area contributed by atoms with Gasteiger partial charge in [-0.3, -0.25) is 0 Å². The van der Waals surface area contributed by atoms with Crippen LogP contribution in [-0.4, -0.2) is 37.2 Å². The summed E-state index contributed by atoms with van der Waals surface area (Å²) in [6.45, 7) is 2.45. The van der Waals surface area contributed by atoms with Gasteiger partial charge in [0.25, 0.3) is 5.22 Å². The fraction of sp³-hybridized carbons (Fsp3) is 0.429. The molecule has 0 bridgehead atoms. The third-order valence-corrected chi connectivity index (χ3v) is 4.54. The van der Waals surface area contributed by atoms with Crippen molar-refractivity contribution in [2.75, 3.05) is 18.6 Å². The Labute approximate surface area is 134 Å². The van der Waals surface area contributed by atoms with E-state index in [-0.39, 0.29) is 0 Å². The van der Waals surface area contributed by atoms with Crippen molar-refractivity contribution in [2.24, 2.45) is 0 Å². The average Bonchev–Trinajstić information content (AvgIpc) is 2.91. The topological polar surface area (TPSA) is 85.1 Å². The molecular weight excluding hydrogens is 322 g/mol. The van der Waals surface area contributed by atoms with Gasteiger partial charge in [0.05, 0.1) is 6.26 Å². The Morgan fingerprint density at radius 1 is 1.27 bits per heavy atom. The van der Waals surface area contributed by atoms with E-state index in [1.54, 1.807) is 0 Å². The predicted octanol–water partition coefficient (Wildman–Crippen LogP) is 2.06. The Balaban J connectivity index is 1.81. The van der Waals surface area contributed by atoms with Gasteiger partial charge < -0.3 is 4.42 Å². The fourth-order valence-electron chi connectivity index (χ4n) is 1.91. The van der Waals surface area contributed by atoms with Crippen molar-refractivity contribution in [3.63, 3.8) is 0 Å². The van der Waals surface area contributed by atoms with E-state index in [0.29, 0.717) is 35.7 Å². The molecule has 0 unspecified atom stereocenters. The molecule has 22 heavy (non-hydrogen) atoms. The molecule has 1 aromatic heterocycles. The summed E-state index contributed by atoms with van der Waals surface area (Å²) in [5.41, 5.74) is 1.23. The van der Waals surface area contributed by atoms with Gasteiger partial charge in [-0.05, 0) is 11.5 Å². The van der Waals surface area contributed by atoms with Crippen LogP contribution in [-0.2, 0) is 16.4 Å². The molecule has 8 heteroatoms. The van der Waals surface area contributed by atoms with Gasteiger partial charge in [0.1, 0.15) is 0 Å². The molecule has 0 saturated carbocycles. The van der Waals surface area contributed by atoms with Crippen molar-refractivity contribution in [2.45, 2.75) is 24.5 Å². The lowest BCUT2D eigenvalue weighted by atomic mass is 9.98. The van der Waals surface area contributed by atoms with E-state index < -0.39 is 10.0 Å². The van der Waals surface area contributed by atoms with Crippen molar-refractivity contribution >= 4 is 21.8 Å². The van der Waals surface area contributed by atoms with E-state index in [0.717, 1.165) is 6.26 Å². The first-order valence-corrected chi connectivity index (χ1v) is 9.76. The van der Waals surface area contributed by atoms with Crippen LogP contribution in [0, 0.1) is 0 Å². The quantitative estimate of drug-likeness (QED) is 0.584. The summed E-state index contributed by atoms with van der Waals surface area (Å²) in [6, 6.07) is 10.2. The predicted molar refractivity (Wildman–Crippen MR) is 86.4 cm³/mol. The number of thioether (sulfide) groups is 1. The molecule has 0 saturated heterocycles. The van der Waals surface area contributed by atoms with Crippen LogP contribution < -0.4 is 4.72 Å². The maximum Gasteiger partial charge on any atom is 0.276 e. The van der Waals surface area contributed by atoms with Crippen LogP contribution in [0.15, 0.2) is 40.0 Å². The highest BCUT2D eigenvalue weighted by molar-refractivity contribution is 7.99. The van der Waals surface area contributed by atoms with Gasteiger partial charge in [-0.25, -0.2) is 13.1 Å². The summed E-state index contributed by atoms with van der Waals surface area (Å²) < 4.78 is 29.8. The van der Waals surface area contributed by atoms with Gasteiger partial charge in [-0.15, -0.1) is 10.2 Å². The third-order valence-electron chi connectivity index (χ3n) is 2.99. The van der Waals surface area contributed by atoms with E-state index >= 15 is 0 Å². The van der Waals surface area contributed by atoms with E-state index in [2.05, 4.69) is 34.0 Å². The van der Waals surface area contributed by atoms with E-state index in [9.17, 15) is 8.42 Å². The molecule has 1 heterocycles. The molecule has 1 atom stereocenters. The van der Waals surface area contributed by atoms with Crippen LogP contribution in [0.2, 0.25) is 0 Å². The van der Waals surface area contributed by atoms with Crippen LogP contribution in [0.5, 0.6) is 0 Å². The highest BCUT2D eigenvalue weighted by atomic mass is 32.2. The zero-order valence-corrected chi connectivity index (χ0v) is 14.2. The van der Waals surface area contributed by atoms with Gasteiger partial charge in [0, 0.05) is 18.7 Å². The van der Waals surface area contributed by atoms with E-state index in [4.69, 9.17) is 4.42 Å². The number of nitrogens with one attached hydrogen (secondary N) is 1. The molecule has 1 N–H and O–H groups in total. The van der Waals surface area contributed by atoms with Crippen molar-refractivity contribution in [3.8, 4) is 0 Å². The molecule has 2 aromatic rings. The SMILES string of the molecule is C[C@H](Cc1nnc(SCCNS(C)(=O)=O)o1)c1ccccc1. The third kappa shape index (κ3) is 5.78. The van der Waals surface area contributed by atoms with Gasteiger partial charge >= 0.3 is 0 Å². The highest BCUT2D eigenvalue weighted by Crippen LogP contribution is 2.22. The van der Waals surface area contributed by atoms with Crippen molar-refractivity contribution < 1.29 is 12.8 Å². The molecule has 0 radical (unpaired) electrons. The Bertz CT molecular complexity index is 686. The first-order valence-electron chi connectivity index (χ1n) is 6.89. The van der Waals surface area contributed by atoms with Crippen LogP contribution in [0.25, 0.3) is 0 Å². The van der Waals surface area contributed by atoms with Crippen LogP contribution >= 0.6 is 11.8 Å². The lowest BCUT2D eigenvalue weighted by molar-refractivity contribution is 0.404. The molecule has 0 fully saturated rings. The summed E-state index contributed by atoms with van der Waals surface area (Å²) in [5.74, 6) is 1.43. The molecule has 0 spiro atoms. The molecule has 120 valence electrons. The first kappa shape index (κ1) is 17.0. The largest absolute Gasteiger partial charge is 0.416 e. The van der Waals surface area contributed by atoms with Crippen LogP contribution in [0.3, 0.4) is 0 Å². The Morgan fingerprint density at radius 2 is 2.00 bits per heavy atom. The Kier molecular flexibility index (Phi) is 5.98. The van der Waals surface area contributed by atoms with Crippen molar-refractivity contribution in [3.05, 3.63) is 41.8 Å². The number of sulfonamides is 1. The minimum Gasteiger partial charge on any atom is -0.416 e. The summed E-state index contributed by atoms with van der Waals surface area (Å²) >= 11 is 1.34. The van der Waals surface area contributed by atoms with Gasteiger partial charge in [0.15, 0.2) is 0 Å². The smallest absolute Gasteiger partial charge is 0.276 e. The average molecular weight is 341 g/mol. The number of rotatable bonds is 8. The molecule has 0 aliphatic heterocycles. The second kappa shape index (κ2) is 7.75. The first-order chi connectivity index (χ1) is 10.4. The van der Waals surface area contributed by atoms with Crippen LogP contribution in [0.4, 0.5) is 0 Å². The standard InChI is InChI=1S/C14H19N3O3S2/c1-11(12-6-4-3-5-7-12)10-13-16-17-14(20-13)21-9-8-15-22(2,18)19/h3-7,11,15H,8-10H2,1-2H3/t11-/m1/s1. The summed E-state index contributed by atoms with van der Waals surface area (Å²) in [7, 11) is -3.15. The summed E-state index contributed by atoms with van der Waals surface area (Å²) in [5, 5.41) is 8.46. The number of benzene rings is 1. The van der Waals surface area contributed by atoms with E-state index in [1.807, 2.05) is 18.2 Å². The number of hydrogen-bond donors (Lipinski definition) is 1. The zero-order chi connectivity index (χ0) is 16.0. The van der Waals surface area contributed by atoms with Gasteiger partial charge in [-0.1, -0.05) is 49.0 Å². The molecule has 2 rings (SSSR count). The minimum absolute atomic E-state index is 0.298. The number of aromatic nitrogens is 2. The Hall–Kier alpha value is -1.38. The van der Waals surface area contributed by atoms with Gasteiger partial charge in [-0.2, -0.15) is 0 Å². The minimum atomic E-state index is -3.15. The molecule has 0 aliphatic rings. The normalized spacial score (nSPS) is 13.2. The lowest BCUT2D eigenvalue weighted by Crippen LogP contribution is -2.24. The number of nitrogens with zero attached hydrogens (tertiary/aromatic N) is 2. The lowest BCUT2D eigenvalue weighted by Gasteiger charge is -2.08. The molecule has 0 amide bonds. The zero-order valence-electron chi connectivity index (χ0n) is 12.5. The molecule has 1 aromatic carbocycles. The van der Waals surface area contributed by atoms with E-state index in [1.165, 1.54) is 17.3 Å². The molecule has 0 aliphatic carbocycles. The molecular formula is C14H19N3O3S2. The molecule has 6 nitrogen and oxygen atoms in total. The van der Waals surface area contributed by atoms with Gasteiger partial charge in [0.2, 0.25) is 15.9 Å². The van der Waals surface area contributed by atoms with Crippen LogP contribution in [0.1, 0.15) is 24.3 Å². The second-order valence-corrected chi connectivity index (χ2v) is 7.87. The maximum absolute atomic E-state index is 10.9. The Morgan fingerprint density at radius 3 is 2.68 bits per heavy atom. The summed E-state index contributed by atoms with van der Waals surface area (Å²) in [6.07, 6.45) is 1.81.